The van der Waals surface area contributed by atoms with E-state index in [2.05, 4.69) is 6.07 Å². The fourth-order valence-corrected chi connectivity index (χ4v) is 1.70. The Morgan fingerprint density at radius 3 is 2.71 bits per heavy atom. The van der Waals surface area contributed by atoms with E-state index in [4.69, 9.17) is 5.11 Å². The average molecular weight is 232 g/mol. The van der Waals surface area contributed by atoms with Crippen LogP contribution in [0.1, 0.15) is 23.6 Å². The quantitative estimate of drug-likeness (QED) is 0.843. The molecule has 1 atom stereocenters. The van der Waals surface area contributed by atoms with Crippen LogP contribution in [0, 0.1) is 18.3 Å². The Labute approximate surface area is 101 Å². The van der Waals surface area contributed by atoms with Crippen molar-refractivity contribution in [1.29, 1.82) is 5.26 Å². The van der Waals surface area contributed by atoms with Gasteiger partial charge in [-0.15, -0.1) is 0 Å². The monoisotopic (exact) mass is 232 g/mol. The third kappa shape index (κ3) is 3.58. The average Bonchev–Trinajstić information content (AvgIpc) is 2.30. The van der Waals surface area contributed by atoms with E-state index >= 15 is 0 Å². The van der Waals surface area contributed by atoms with Crippen LogP contribution in [0.4, 0.5) is 0 Å². The van der Waals surface area contributed by atoms with Crippen molar-refractivity contribution in [3.63, 3.8) is 0 Å². The first-order valence-corrected chi connectivity index (χ1v) is 5.43. The van der Waals surface area contributed by atoms with Crippen LogP contribution in [0.25, 0.3) is 0 Å². The lowest BCUT2D eigenvalue weighted by Crippen LogP contribution is -2.26. The third-order valence-electron chi connectivity index (χ3n) is 2.72. The van der Waals surface area contributed by atoms with Crippen LogP contribution in [-0.4, -0.2) is 29.6 Å². The van der Waals surface area contributed by atoms with E-state index in [1.807, 2.05) is 31.2 Å². The number of nitrogens with zero attached hydrogens (tertiary/aromatic N) is 2. The predicted octanol–water partition coefficient (Wildman–Crippen LogP) is 1.97. The molecule has 4 heteroatoms. The molecular weight excluding hydrogens is 216 g/mol. The van der Waals surface area contributed by atoms with Crippen molar-refractivity contribution in [3.8, 4) is 6.07 Å². The van der Waals surface area contributed by atoms with Gasteiger partial charge in [-0.05, 0) is 25.1 Å². The Kier molecular flexibility index (Phi) is 4.68. The van der Waals surface area contributed by atoms with Crippen LogP contribution in [0.2, 0.25) is 0 Å². The Balaban J connectivity index is 2.82. The molecule has 0 heterocycles. The summed E-state index contributed by atoms with van der Waals surface area (Å²) in [6.45, 7) is 2.31. The molecule has 0 bridgehead atoms. The van der Waals surface area contributed by atoms with Gasteiger partial charge in [0.15, 0.2) is 0 Å². The molecule has 1 aromatic rings. The molecule has 0 aliphatic heterocycles. The summed E-state index contributed by atoms with van der Waals surface area (Å²) in [6.07, 6.45) is 0.0422. The maximum Gasteiger partial charge on any atom is 0.304 e. The van der Waals surface area contributed by atoms with Gasteiger partial charge < -0.3 is 5.11 Å². The number of carboxylic acid groups (broad SMARTS) is 1. The molecule has 4 nitrogen and oxygen atoms in total. The van der Waals surface area contributed by atoms with Crippen molar-refractivity contribution in [2.75, 3.05) is 13.6 Å². The first-order chi connectivity index (χ1) is 8.06. The number of hydrogen-bond donors (Lipinski definition) is 1. The molecular formula is C13H16N2O2. The van der Waals surface area contributed by atoms with Gasteiger partial charge in [-0.25, -0.2) is 0 Å². The zero-order valence-electron chi connectivity index (χ0n) is 10.1. The zero-order valence-corrected chi connectivity index (χ0v) is 10.1. The summed E-state index contributed by atoms with van der Waals surface area (Å²) in [6, 6.07) is 9.48. The first-order valence-electron chi connectivity index (χ1n) is 5.43. The van der Waals surface area contributed by atoms with Crippen molar-refractivity contribution >= 4 is 5.97 Å². The second kappa shape index (κ2) is 6.02. The minimum atomic E-state index is -0.849. The summed E-state index contributed by atoms with van der Waals surface area (Å²) in [5, 5.41) is 17.8. The van der Waals surface area contributed by atoms with E-state index in [1.165, 1.54) is 0 Å². The number of aliphatic carboxylic acids is 1. The number of rotatable bonds is 5. The number of nitriles is 1. The molecule has 90 valence electrons. The van der Waals surface area contributed by atoms with E-state index in [1.54, 1.807) is 11.9 Å². The van der Waals surface area contributed by atoms with E-state index < -0.39 is 12.0 Å². The molecule has 0 aliphatic carbocycles. The van der Waals surface area contributed by atoms with Crippen LogP contribution < -0.4 is 0 Å². The summed E-state index contributed by atoms with van der Waals surface area (Å²) in [7, 11) is 1.77. The smallest absolute Gasteiger partial charge is 0.304 e. The van der Waals surface area contributed by atoms with E-state index in [0.29, 0.717) is 6.54 Å². The first kappa shape index (κ1) is 13.2. The largest absolute Gasteiger partial charge is 0.481 e. The van der Waals surface area contributed by atoms with Crippen LogP contribution in [-0.2, 0) is 4.79 Å². The number of benzene rings is 1. The van der Waals surface area contributed by atoms with Crippen molar-refractivity contribution in [3.05, 3.63) is 35.4 Å². The highest BCUT2D eigenvalue weighted by Crippen LogP contribution is 2.21. The Morgan fingerprint density at radius 1 is 1.53 bits per heavy atom. The van der Waals surface area contributed by atoms with Crippen molar-refractivity contribution in [2.24, 2.45) is 0 Å². The summed E-state index contributed by atoms with van der Waals surface area (Å²) >= 11 is 0. The molecule has 0 aliphatic rings. The molecule has 1 rings (SSSR count). The molecule has 0 fully saturated rings. The van der Waals surface area contributed by atoms with Gasteiger partial charge in [-0.3, -0.25) is 9.69 Å². The highest BCUT2D eigenvalue weighted by Gasteiger charge is 2.18. The Morgan fingerprint density at radius 2 is 2.18 bits per heavy atom. The third-order valence-corrected chi connectivity index (χ3v) is 2.72. The Hall–Kier alpha value is -1.86. The SMILES string of the molecule is Cc1ccccc1C(C#N)N(C)CCC(=O)O. The molecule has 17 heavy (non-hydrogen) atoms. The Bertz CT molecular complexity index is 437. The van der Waals surface area contributed by atoms with Crippen molar-refractivity contribution in [2.45, 2.75) is 19.4 Å². The highest BCUT2D eigenvalue weighted by atomic mass is 16.4. The number of hydrogen-bond acceptors (Lipinski definition) is 3. The lowest BCUT2D eigenvalue weighted by atomic mass is 10.0. The summed E-state index contributed by atoms with van der Waals surface area (Å²) in [4.78, 5) is 12.3. The molecule has 1 unspecified atom stereocenters. The maximum atomic E-state index is 10.5. The maximum absolute atomic E-state index is 10.5. The van der Waals surface area contributed by atoms with Crippen LogP contribution in [0.5, 0.6) is 0 Å². The van der Waals surface area contributed by atoms with Gasteiger partial charge in [-0.2, -0.15) is 5.26 Å². The van der Waals surface area contributed by atoms with Crippen LogP contribution >= 0.6 is 0 Å². The molecule has 1 N–H and O–H groups in total. The van der Waals surface area contributed by atoms with Gasteiger partial charge in [-0.1, -0.05) is 24.3 Å². The predicted molar refractivity (Wildman–Crippen MR) is 64.4 cm³/mol. The van der Waals surface area contributed by atoms with Gasteiger partial charge in [0.25, 0.3) is 0 Å². The molecule has 0 spiro atoms. The number of aryl methyl sites for hydroxylation is 1. The van der Waals surface area contributed by atoms with Gasteiger partial charge in [0, 0.05) is 6.54 Å². The number of carbonyl (C=O) groups is 1. The summed E-state index contributed by atoms with van der Waals surface area (Å²) in [5.74, 6) is -0.849. The molecule has 0 radical (unpaired) electrons. The fourth-order valence-electron chi connectivity index (χ4n) is 1.70. The van der Waals surface area contributed by atoms with Gasteiger partial charge in [0.2, 0.25) is 0 Å². The molecule has 0 saturated carbocycles. The second-order valence-corrected chi connectivity index (χ2v) is 4.01. The lowest BCUT2D eigenvalue weighted by Gasteiger charge is -2.23. The number of carboxylic acids is 1. The van der Waals surface area contributed by atoms with Crippen molar-refractivity contribution in [1.82, 2.24) is 4.90 Å². The van der Waals surface area contributed by atoms with Crippen LogP contribution in [0.3, 0.4) is 0 Å². The summed E-state index contributed by atoms with van der Waals surface area (Å²) in [5.41, 5.74) is 1.98. The lowest BCUT2D eigenvalue weighted by molar-refractivity contribution is -0.137. The van der Waals surface area contributed by atoms with E-state index in [-0.39, 0.29) is 6.42 Å². The van der Waals surface area contributed by atoms with Crippen LogP contribution in [0.15, 0.2) is 24.3 Å². The second-order valence-electron chi connectivity index (χ2n) is 4.01. The molecule has 1 aromatic carbocycles. The van der Waals surface area contributed by atoms with Crippen molar-refractivity contribution < 1.29 is 9.90 Å². The van der Waals surface area contributed by atoms with Gasteiger partial charge in [0.1, 0.15) is 6.04 Å². The summed E-state index contributed by atoms with van der Waals surface area (Å²) < 4.78 is 0. The zero-order chi connectivity index (χ0) is 12.8. The molecule has 0 saturated heterocycles. The van der Waals surface area contributed by atoms with Gasteiger partial charge in [0.05, 0.1) is 12.5 Å². The topological polar surface area (TPSA) is 64.3 Å². The fraction of sp³-hybridized carbons (Fsp3) is 0.385. The molecule has 0 aromatic heterocycles. The van der Waals surface area contributed by atoms with Gasteiger partial charge >= 0.3 is 5.97 Å². The standard InChI is InChI=1S/C13H16N2O2/c1-10-5-3-4-6-11(10)12(9-14)15(2)8-7-13(16)17/h3-6,12H,7-8H2,1-2H3,(H,16,17). The normalized spacial score (nSPS) is 12.1. The minimum Gasteiger partial charge on any atom is -0.481 e. The van der Waals surface area contributed by atoms with E-state index in [0.717, 1.165) is 11.1 Å². The molecule has 0 amide bonds. The van der Waals surface area contributed by atoms with E-state index in [9.17, 15) is 10.1 Å². The minimum absolute atomic E-state index is 0.0422. The highest BCUT2D eigenvalue weighted by molar-refractivity contribution is 5.66.